The van der Waals surface area contributed by atoms with Gasteiger partial charge in [0, 0.05) is 6.54 Å². The number of nitrogens with zero attached hydrogens (tertiary/aromatic N) is 3. The molecule has 0 saturated heterocycles. The molecule has 0 unspecified atom stereocenters. The highest BCUT2D eigenvalue weighted by Crippen LogP contribution is 2.36. The van der Waals surface area contributed by atoms with Gasteiger partial charge in [0.05, 0.1) is 19.9 Å². The zero-order valence-corrected chi connectivity index (χ0v) is 10.4. The summed E-state index contributed by atoms with van der Waals surface area (Å²) in [5.74, 6) is -0.0708. The summed E-state index contributed by atoms with van der Waals surface area (Å²) in [4.78, 5) is 1.80. The first-order valence-corrected chi connectivity index (χ1v) is 5.26. The van der Waals surface area contributed by atoms with Crippen LogP contribution in [0.5, 0.6) is 5.75 Å². The maximum atomic E-state index is 12.6. The predicted octanol–water partition coefficient (Wildman–Crippen LogP) is 1.05. The summed E-state index contributed by atoms with van der Waals surface area (Å²) in [5, 5.41) is 13.1. The van der Waals surface area contributed by atoms with Gasteiger partial charge in [-0.25, -0.2) is 0 Å². The molecule has 0 radical (unpaired) electrons. The molecule has 1 aromatic rings. The molecule has 0 aliphatic rings. The van der Waals surface area contributed by atoms with E-state index >= 15 is 0 Å². The molecule has 1 N–H and O–H groups in total. The van der Waals surface area contributed by atoms with Gasteiger partial charge in [0.1, 0.15) is 5.69 Å². The SMILES string of the molecule is COc1cnn(CCN(C)C)c1[C@@H](O)C(F)(F)F. The van der Waals surface area contributed by atoms with E-state index in [4.69, 9.17) is 4.74 Å². The Hall–Kier alpha value is -1.28. The van der Waals surface area contributed by atoms with Crippen molar-refractivity contribution in [2.75, 3.05) is 27.7 Å². The number of hydrogen-bond acceptors (Lipinski definition) is 4. The third-order valence-electron chi connectivity index (χ3n) is 2.39. The second kappa shape index (κ2) is 5.57. The van der Waals surface area contributed by atoms with Gasteiger partial charge in [0.15, 0.2) is 11.9 Å². The smallest absolute Gasteiger partial charge is 0.420 e. The van der Waals surface area contributed by atoms with Crippen LogP contribution in [0.25, 0.3) is 0 Å². The van der Waals surface area contributed by atoms with Crippen molar-refractivity contribution >= 4 is 0 Å². The average molecular weight is 267 g/mol. The van der Waals surface area contributed by atoms with E-state index in [1.54, 1.807) is 19.0 Å². The van der Waals surface area contributed by atoms with Crippen LogP contribution in [0.1, 0.15) is 11.8 Å². The molecule has 0 saturated carbocycles. The second-order valence-corrected chi connectivity index (χ2v) is 4.07. The van der Waals surface area contributed by atoms with E-state index in [9.17, 15) is 18.3 Å². The minimum absolute atomic E-state index is 0.0708. The first-order chi connectivity index (χ1) is 8.27. The highest BCUT2D eigenvalue weighted by atomic mass is 19.4. The maximum Gasteiger partial charge on any atom is 0.420 e. The summed E-state index contributed by atoms with van der Waals surface area (Å²) in [6.07, 6.45) is -6.18. The lowest BCUT2D eigenvalue weighted by atomic mass is 10.2. The van der Waals surface area contributed by atoms with Gasteiger partial charge in [-0.05, 0) is 14.1 Å². The van der Waals surface area contributed by atoms with Crippen molar-refractivity contribution < 1.29 is 23.0 Å². The topological polar surface area (TPSA) is 50.5 Å². The zero-order valence-electron chi connectivity index (χ0n) is 10.4. The van der Waals surface area contributed by atoms with E-state index in [-0.39, 0.29) is 18.0 Å². The molecule has 1 rings (SSSR count). The van der Waals surface area contributed by atoms with E-state index in [1.165, 1.54) is 13.3 Å². The molecule has 0 bridgehead atoms. The summed E-state index contributed by atoms with van der Waals surface area (Å²) in [7, 11) is 4.82. The summed E-state index contributed by atoms with van der Waals surface area (Å²) < 4.78 is 43.6. The Bertz CT molecular complexity index is 390. The second-order valence-electron chi connectivity index (χ2n) is 4.07. The summed E-state index contributed by atoms with van der Waals surface area (Å²) >= 11 is 0. The Kier molecular flexibility index (Phi) is 4.58. The van der Waals surface area contributed by atoms with Crippen molar-refractivity contribution in [3.05, 3.63) is 11.9 Å². The molecule has 0 fully saturated rings. The largest absolute Gasteiger partial charge is 0.493 e. The van der Waals surface area contributed by atoms with E-state index in [2.05, 4.69) is 5.10 Å². The van der Waals surface area contributed by atoms with Crippen molar-refractivity contribution in [3.63, 3.8) is 0 Å². The summed E-state index contributed by atoms with van der Waals surface area (Å²) in [6, 6.07) is 0. The normalized spacial score (nSPS) is 14.0. The van der Waals surface area contributed by atoms with E-state index in [0.29, 0.717) is 6.54 Å². The Morgan fingerprint density at radius 3 is 2.56 bits per heavy atom. The van der Waals surface area contributed by atoms with E-state index in [0.717, 1.165) is 4.68 Å². The first kappa shape index (κ1) is 14.8. The zero-order chi connectivity index (χ0) is 13.9. The van der Waals surface area contributed by atoms with Crippen LogP contribution in [0.15, 0.2) is 6.20 Å². The van der Waals surface area contributed by atoms with Crippen LogP contribution >= 0.6 is 0 Å². The molecule has 5 nitrogen and oxygen atoms in total. The fourth-order valence-electron chi connectivity index (χ4n) is 1.44. The monoisotopic (exact) mass is 267 g/mol. The lowest BCUT2D eigenvalue weighted by Gasteiger charge is -2.18. The third kappa shape index (κ3) is 3.36. The van der Waals surface area contributed by atoms with Gasteiger partial charge in [-0.3, -0.25) is 4.68 Å². The van der Waals surface area contributed by atoms with Crippen molar-refractivity contribution in [1.29, 1.82) is 0 Å². The van der Waals surface area contributed by atoms with E-state index in [1.807, 2.05) is 0 Å². The number of alkyl halides is 3. The Morgan fingerprint density at radius 2 is 2.11 bits per heavy atom. The molecule has 0 amide bonds. The van der Waals surface area contributed by atoms with E-state index < -0.39 is 12.3 Å². The number of halogens is 3. The number of hydrogen-bond donors (Lipinski definition) is 1. The maximum absolute atomic E-state index is 12.6. The van der Waals surface area contributed by atoms with Gasteiger partial charge >= 0.3 is 6.18 Å². The quantitative estimate of drug-likeness (QED) is 0.866. The van der Waals surface area contributed by atoms with Gasteiger partial charge in [-0.1, -0.05) is 0 Å². The minimum atomic E-state index is -4.75. The summed E-state index contributed by atoms with van der Waals surface area (Å²) in [6.45, 7) is 0.737. The van der Waals surface area contributed by atoms with Crippen LogP contribution in [0.3, 0.4) is 0 Å². The first-order valence-electron chi connectivity index (χ1n) is 5.26. The molecule has 18 heavy (non-hydrogen) atoms. The number of likely N-dealkylation sites (N-methyl/N-ethyl adjacent to an activating group) is 1. The molecule has 0 aliphatic carbocycles. The molecular weight excluding hydrogens is 251 g/mol. The highest BCUT2D eigenvalue weighted by molar-refractivity contribution is 5.28. The molecule has 104 valence electrons. The third-order valence-corrected chi connectivity index (χ3v) is 2.39. The molecule has 1 atom stereocenters. The molecule has 1 heterocycles. The number of ether oxygens (including phenoxy) is 1. The molecule has 0 spiro atoms. The Balaban J connectivity index is 3.02. The predicted molar refractivity (Wildman–Crippen MR) is 58.3 cm³/mol. The highest BCUT2D eigenvalue weighted by Gasteiger charge is 2.43. The average Bonchev–Trinajstić information content (AvgIpc) is 2.66. The van der Waals surface area contributed by atoms with Crippen molar-refractivity contribution in [3.8, 4) is 5.75 Å². The molecule has 0 aliphatic heterocycles. The molecular formula is C10H16F3N3O2. The Morgan fingerprint density at radius 1 is 1.50 bits per heavy atom. The number of aliphatic hydroxyl groups is 1. The van der Waals surface area contributed by atoms with Gasteiger partial charge in [-0.2, -0.15) is 18.3 Å². The fraction of sp³-hybridized carbons (Fsp3) is 0.700. The van der Waals surface area contributed by atoms with Gasteiger partial charge in [-0.15, -0.1) is 0 Å². The molecule has 1 aromatic heterocycles. The molecule has 8 heteroatoms. The van der Waals surface area contributed by atoms with Crippen LogP contribution in [0, 0.1) is 0 Å². The van der Waals surface area contributed by atoms with Gasteiger partial charge in [0.2, 0.25) is 0 Å². The van der Waals surface area contributed by atoms with Crippen LogP contribution < -0.4 is 4.74 Å². The standard InChI is InChI=1S/C10H16F3N3O2/c1-15(2)4-5-16-8(7(18-3)6-14-16)9(17)10(11,12)13/h6,9,17H,4-5H2,1-3H3/t9-/m1/s1. The van der Waals surface area contributed by atoms with Crippen LogP contribution in [0.4, 0.5) is 13.2 Å². The van der Waals surface area contributed by atoms with Gasteiger partial charge in [0.25, 0.3) is 0 Å². The van der Waals surface area contributed by atoms with Gasteiger partial charge < -0.3 is 14.7 Å². The van der Waals surface area contributed by atoms with Crippen molar-refractivity contribution in [2.24, 2.45) is 0 Å². The van der Waals surface area contributed by atoms with Crippen LogP contribution in [0.2, 0.25) is 0 Å². The lowest BCUT2D eigenvalue weighted by Crippen LogP contribution is -2.26. The van der Waals surface area contributed by atoms with Crippen LogP contribution in [-0.4, -0.2) is 53.7 Å². The fourth-order valence-corrected chi connectivity index (χ4v) is 1.44. The minimum Gasteiger partial charge on any atom is -0.493 e. The number of aliphatic hydroxyl groups excluding tert-OH is 1. The summed E-state index contributed by atoms with van der Waals surface area (Å²) in [5.41, 5.74) is -0.369. The molecule has 0 aromatic carbocycles. The number of aromatic nitrogens is 2. The number of methoxy groups -OCH3 is 1. The van der Waals surface area contributed by atoms with Crippen molar-refractivity contribution in [2.45, 2.75) is 18.8 Å². The van der Waals surface area contributed by atoms with Crippen LogP contribution in [-0.2, 0) is 6.54 Å². The Labute approximate surface area is 103 Å². The lowest BCUT2D eigenvalue weighted by molar-refractivity contribution is -0.209. The van der Waals surface area contributed by atoms with Crippen molar-refractivity contribution in [1.82, 2.24) is 14.7 Å². The number of rotatable bonds is 5.